The maximum absolute atomic E-state index is 11.9. The van der Waals surface area contributed by atoms with Crippen LogP contribution in [0.25, 0.3) is 0 Å². The third kappa shape index (κ3) is 4.61. The summed E-state index contributed by atoms with van der Waals surface area (Å²) >= 11 is 2.78. The van der Waals surface area contributed by atoms with Crippen molar-refractivity contribution in [3.8, 4) is 0 Å². The summed E-state index contributed by atoms with van der Waals surface area (Å²) in [7, 11) is 0. The minimum atomic E-state index is -0.525. The van der Waals surface area contributed by atoms with Crippen molar-refractivity contribution in [2.45, 2.75) is 26.7 Å². The molecule has 22 heavy (non-hydrogen) atoms. The molecule has 2 heterocycles. The zero-order valence-corrected chi connectivity index (χ0v) is 14.0. The van der Waals surface area contributed by atoms with Gasteiger partial charge in [-0.25, -0.2) is 0 Å². The van der Waals surface area contributed by atoms with E-state index in [0.29, 0.717) is 9.75 Å². The summed E-state index contributed by atoms with van der Waals surface area (Å²) in [6.45, 7) is 3.56. The highest BCUT2D eigenvalue weighted by Crippen LogP contribution is 2.18. The van der Waals surface area contributed by atoms with Gasteiger partial charge in [-0.05, 0) is 38.1 Å². The van der Waals surface area contributed by atoms with Crippen molar-refractivity contribution in [3.63, 3.8) is 0 Å². The Bertz CT molecular complexity index is 638. The lowest BCUT2D eigenvalue weighted by molar-refractivity contribution is -0.142. The molecular weight excluding hydrogens is 320 g/mol. The summed E-state index contributed by atoms with van der Waals surface area (Å²) < 4.78 is 4.93. The van der Waals surface area contributed by atoms with Crippen LogP contribution in [0.5, 0.6) is 0 Å². The minimum absolute atomic E-state index is 0.00741. The summed E-state index contributed by atoms with van der Waals surface area (Å²) in [5.41, 5.74) is 0. The van der Waals surface area contributed by atoms with Crippen LogP contribution < -0.4 is 0 Å². The Balaban J connectivity index is 1.74. The van der Waals surface area contributed by atoms with Crippen molar-refractivity contribution < 1.29 is 19.1 Å². The molecule has 0 saturated heterocycles. The normalized spacial score (nSPS) is 10.5. The first-order chi connectivity index (χ1) is 10.5. The molecule has 2 aromatic heterocycles. The van der Waals surface area contributed by atoms with Gasteiger partial charge in [0.25, 0.3) is 0 Å². The van der Waals surface area contributed by atoms with Crippen LogP contribution in [0, 0.1) is 13.8 Å². The lowest BCUT2D eigenvalue weighted by atomic mass is 10.2. The van der Waals surface area contributed by atoms with Crippen molar-refractivity contribution >= 4 is 40.2 Å². The highest BCUT2D eigenvalue weighted by molar-refractivity contribution is 7.14. The largest absolute Gasteiger partial charge is 0.457 e. The molecule has 0 saturated carbocycles. The number of ether oxygens (including phenoxy) is 1. The molecule has 0 aliphatic heterocycles. The van der Waals surface area contributed by atoms with Gasteiger partial charge in [-0.1, -0.05) is 0 Å². The number of thiophene rings is 2. The first-order valence-corrected chi connectivity index (χ1v) is 8.44. The van der Waals surface area contributed by atoms with Gasteiger partial charge < -0.3 is 4.74 Å². The fourth-order valence-electron chi connectivity index (χ4n) is 1.80. The number of hydrogen-bond donors (Lipinski definition) is 0. The van der Waals surface area contributed by atoms with Crippen LogP contribution in [0.15, 0.2) is 24.3 Å². The first kappa shape index (κ1) is 16.6. The van der Waals surface area contributed by atoms with E-state index in [4.69, 9.17) is 4.74 Å². The highest BCUT2D eigenvalue weighted by atomic mass is 32.1. The number of hydrogen-bond acceptors (Lipinski definition) is 6. The van der Waals surface area contributed by atoms with Crippen molar-refractivity contribution in [1.29, 1.82) is 0 Å². The van der Waals surface area contributed by atoms with Gasteiger partial charge in [0.2, 0.25) is 5.78 Å². The van der Waals surface area contributed by atoms with Gasteiger partial charge in [0, 0.05) is 16.2 Å². The number of carbonyl (C=O) groups is 3. The number of Topliss-reactive ketones (excluding diaryl/α,β-unsaturated/α-hetero) is 2. The maximum Gasteiger partial charge on any atom is 0.306 e. The molecular formula is C16H16O4S2. The van der Waals surface area contributed by atoms with Gasteiger partial charge in [-0.3, -0.25) is 14.4 Å². The second-order valence-corrected chi connectivity index (χ2v) is 7.40. The topological polar surface area (TPSA) is 60.4 Å². The van der Waals surface area contributed by atoms with E-state index in [0.717, 1.165) is 9.75 Å². The average molecular weight is 336 g/mol. The van der Waals surface area contributed by atoms with E-state index >= 15 is 0 Å². The zero-order valence-electron chi connectivity index (χ0n) is 12.4. The van der Waals surface area contributed by atoms with E-state index in [1.165, 1.54) is 22.7 Å². The standard InChI is InChI=1S/C16H16O4S2/c1-10-3-6-14(21-10)12(17)5-8-16(19)20-9-13(18)15-7-4-11(2)22-15/h3-4,6-7H,5,8-9H2,1-2H3. The molecule has 0 aliphatic carbocycles. The molecule has 0 aromatic carbocycles. The molecule has 2 rings (SSSR count). The van der Waals surface area contributed by atoms with Crippen LogP contribution in [0.3, 0.4) is 0 Å². The van der Waals surface area contributed by atoms with Gasteiger partial charge in [-0.2, -0.15) is 0 Å². The highest BCUT2D eigenvalue weighted by Gasteiger charge is 2.14. The van der Waals surface area contributed by atoms with Crippen molar-refractivity contribution in [1.82, 2.24) is 0 Å². The summed E-state index contributed by atoms with van der Waals surface area (Å²) in [6, 6.07) is 7.20. The van der Waals surface area contributed by atoms with Crippen LogP contribution in [0.1, 0.15) is 41.9 Å². The smallest absolute Gasteiger partial charge is 0.306 e. The number of aryl methyl sites for hydroxylation is 2. The summed E-state index contributed by atoms with van der Waals surface area (Å²) in [5.74, 6) is -0.815. The molecule has 6 heteroatoms. The van der Waals surface area contributed by atoms with Crippen LogP contribution in [0.4, 0.5) is 0 Å². The van der Waals surface area contributed by atoms with E-state index in [1.54, 1.807) is 12.1 Å². The molecule has 0 unspecified atom stereocenters. The van der Waals surface area contributed by atoms with E-state index < -0.39 is 5.97 Å². The fraction of sp³-hybridized carbons (Fsp3) is 0.312. The van der Waals surface area contributed by atoms with Gasteiger partial charge in [0.05, 0.1) is 16.2 Å². The third-order valence-corrected chi connectivity index (χ3v) is 5.03. The van der Waals surface area contributed by atoms with Crippen molar-refractivity contribution in [2.75, 3.05) is 6.61 Å². The number of esters is 1. The van der Waals surface area contributed by atoms with Crippen molar-refractivity contribution in [2.24, 2.45) is 0 Å². The molecule has 116 valence electrons. The second kappa shape index (κ2) is 7.47. The van der Waals surface area contributed by atoms with Crippen LogP contribution >= 0.6 is 22.7 Å². The SMILES string of the molecule is Cc1ccc(C(=O)CCC(=O)OCC(=O)c2ccc(C)s2)s1. The Hall–Kier alpha value is -1.79. The van der Waals surface area contributed by atoms with Crippen molar-refractivity contribution in [3.05, 3.63) is 43.8 Å². The quantitative estimate of drug-likeness (QED) is 0.570. The summed E-state index contributed by atoms with van der Waals surface area (Å²) in [6.07, 6.45) is 0.0949. The van der Waals surface area contributed by atoms with Crippen LogP contribution in [-0.2, 0) is 9.53 Å². The Morgan fingerprint density at radius 3 is 1.91 bits per heavy atom. The third-order valence-electron chi connectivity index (χ3n) is 2.95. The zero-order chi connectivity index (χ0) is 16.1. The average Bonchev–Trinajstić information content (AvgIpc) is 3.10. The van der Waals surface area contributed by atoms with E-state index in [-0.39, 0.29) is 31.0 Å². The van der Waals surface area contributed by atoms with Crippen LogP contribution in [-0.4, -0.2) is 24.1 Å². The molecule has 0 radical (unpaired) electrons. The second-order valence-electron chi connectivity index (χ2n) is 4.83. The number of carbonyl (C=O) groups excluding carboxylic acids is 3. The van der Waals surface area contributed by atoms with Gasteiger partial charge >= 0.3 is 5.97 Å². The summed E-state index contributed by atoms with van der Waals surface area (Å²) in [5, 5.41) is 0. The van der Waals surface area contributed by atoms with E-state index in [1.807, 2.05) is 26.0 Å². The lowest BCUT2D eigenvalue weighted by Crippen LogP contribution is -2.14. The lowest BCUT2D eigenvalue weighted by Gasteiger charge is -2.02. The molecule has 0 fully saturated rings. The maximum atomic E-state index is 11.9. The molecule has 0 bridgehead atoms. The molecule has 0 aliphatic rings. The van der Waals surface area contributed by atoms with E-state index in [2.05, 4.69) is 0 Å². The number of ketones is 2. The predicted octanol–water partition coefficient (Wildman–Crippen LogP) is 3.82. The molecule has 0 amide bonds. The van der Waals surface area contributed by atoms with Crippen LogP contribution in [0.2, 0.25) is 0 Å². The van der Waals surface area contributed by atoms with Gasteiger partial charge in [-0.15, -0.1) is 22.7 Å². The Morgan fingerprint density at radius 1 is 0.864 bits per heavy atom. The Morgan fingerprint density at radius 2 is 1.41 bits per heavy atom. The first-order valence-electron chi connectivity index (χ1n) is 6.80. The molecule has 0 atom stereocenters. The number of rotatable bonds is 7. The Labute approximate surface area is 136 Å². The monoisotopic (exact) mass is 336 g/mol. The molecule has 0 N–H and O–H groups in total. The van der Waals surface area contributed by atoms with Gasteiger partial charge in [0.1, 0.15) is 0 Å². The van der Waals surface area contributed by atoms with Gasteiger partial charge in [0.15, 0.2) is 12.4 Å². The fourth-order valence-corrected chi connectivity index (χ4v) is 3.42. The predicted molar refractivity (Wildman–Crippen MR) is 87.0 cm³/mol. The Kier molecular flexibility index (Phi) is 5.63. The molecule has 2 aromatic rings. The summed E-state index contributed by atoms with van der Waals surface area (Å²) in [4.78, 5) is 38.6. The molecule has 4 nitrogen and oxygen atoms in total. The van der Waals surface area contributed by atoms with E-state index in [9.17, 15) is 14.4 Å². The molecule has 0 spiro atoms. The minimum Gasteiger partial charge on any atom is -0.457 e.